The number of rotatable bonds is 4. The predicted octanol–water partition coefficient (Wildman–Crippen LogP) is 3.31. The Kier molecular flexibility index (Phi) is 4.59. The molecule has 2 rings (SSSR count). The Bertz CT molecular complexity index is 653. The molecule has 5 nitrogen and oxygen atoms in total. The Balaban J connectivity index is 2.08. The van der Waals surface area contributed by atoms with E-state index in [-0.39, 0.29) is 0 Å². The standard InChI is InChI=1S/C15H16N2O3S/c1-9-5-6-11(10(2)8-9)16-15(20)17-13(14(18)19)12-4-3-7-21-12/h3-8,13H,1-2H3,(H,18,19)(H2,16,17,20). The molecule has 6 heteroatoms. The molecule has 0 radical (unpaired) electrons. The third kappa shape index (κ3) is 3.82. The molecule has 1 atom stereocenters. The van der Waals surface area contributed by atoms with Gasteiger partial charge in [-0.15, -0.1) is 11.3 Å². The van der Waals surface area contributed by atoms with Crippen LogP contribution in [0.3, 0.4) is 0 Å². The number of anilines is 1. The molecule has 0 fully saturated rings. The Morgan fingerprint density at radius 1 is 1.24 bits per heavy atom. The molecule has 0 spiro atoms. The molecule has 0 aliphatic heterocycles. The van der Waals surface area contributed by atoms with Gasteiger partial charge in [-0.25, -0.2) is 9.59 Å². The lowest BCUT2D eigenvalue weighted by Crippen LogP contribution is -2.36. The van der Waals surface area contributed by atoms with E-state index in [1.54, 1.807) is 23.6 Å². The second-order valence-corrected chi connectivity index (χ2v) is 5.68. The van der Waals surface area contributed by atoms with Crippen LogP contribution in [0, 0.1) is 13.8 Å². The molecule has 1 unspecified atom stereocenters. The number of nitrogens with one attached hydrogen (secondary N) is 2. The fraction of sp³-hybridized carbons (Fsp3) is 0.200. The normalized spacial score (nSPS) is 11.7. The van der Waals surface area contributed by atoms with Gasteiger partial charge in [0.1, 0.15) is 0 Å². The van der Waals surface area contributed by atoms with Gasteiger partial charge in [-0.3, -0.25) is 0 Å². The van der Waals surface area contributed by atoms with Crippen LogP contribution in [0.1, 0.15) is 22.0 Å². The molecule has 0 saturated heterocycles. The van der Waals surface area contributed by atoms with E-state index in [0.29, 0.717) is 10.6 Å². The molecule has 0 aliphatic rings. The number of urea groups is 1. The highest BCUT2D eigenvalue weighted by molar-refractivity contribution is 7.10. The van der Waals surface area contributed by atoms with Gasteiger partial charge in [0.15, 0.2) is 6.04 Å². The van der Waals surface area contributed by atoms with Crippen LogP contribution in [-0.4, -0.2) is 17.1 Å². The lowest BCUT2D eigenvalue weighted by Gasteiger charge is -2.15. The van der Waals surface area contributed by atoms with Crippen molar-refractivity contribution in [2.75, 3.05) is 5.32 Å². The summed E-state index contributed by atoms with van der Waals surface area (Å²) in [5, 5.41) is 16.1. The lowest BCUT2D eigenvalue weighted by molar-refractivity contribution is -0.139. The molecule has 21 heavy (non-hydrogen) atoms. The molecule has 0 bridgehead atoms. The zero-order valence-corrected chi connectivity index (χ0v) is 12.5. The van der Waals surface area contributed by atoms with Crippen LogP contribution in [0.2, 0.25) is 0 Å². The van der Waals surface area contributed by atoms with Crippen molar-refractivity contribution >= 4 is 29.0 Å². The highest BCUT2D eigenvalue weighted by Crippen LogP contribution is 2.20. The summed E-state index contributed by atoms with van der Waals surface area (Å²) in [4.78, 5) is 23.8. The van der Waals surface area contributed by atoms with E-state index in [0.717, 1.165) is 11.1 Å². The summed E-state index contributed by atoms with van der Waals surface area (Å²) in [6.45, 7) is 3.85. The number of carbonyl (C=O) groups is 2. The Hall–Kier alpha value is -2.34. The third-order valence-corrected chi connectivity index (χ3v) is 3.92. The van der Waals surface area contributed by atoms with Gasteiger partial charge in [0, 0.05) is 10.6 Å². The van der Waals surface area contributed by atoms with Crippen LogP contribution in [0.15, 0.2) is 35.7 Å². The number of carboxylic acids is 1. The fourth-order valence-corrected chi connectivity index (χ4v) is 2.72. The van der Waals surface area contributed by atoms with Crippen LogP contribution in [0.5, 0.6) is 0 Å². The van der Waals surface area contributed by atoms with E-state index in [4.69, 9.17) is 0 Å². The molecular weight excluding hydrogens is 288 g/mol. The summed E-state index contributed by atoms with van der Waals surface area (Å²) < 4.78 is 0. The quantitative estimate of drug-likeness (QED) is 0.811. The van der Waals surface area contributed by atoms with Crippen molar-refractivity contribution in [1.82, 2.24) is 5.32 Å². The summed E-state index contributed by atoms with van der Waals surface area (Å²) >= 11 is 1.29. The van der Waals surface area contributed by atoms with Crippen molar-refractivity contribution in [3.05, 3.63) is 51.7 Å². The molecule has 2 aromatic rings. The smallest absolute Gasteiger partial charge is 0.331 e. The topological polar surface area (TPSA) is 78.4 Å². The van der Waals surface area contributed by atoms with Gasteiger partial charge < -0.3 is 15.7 Å². The minimum atomic E-state index is -1.09. The van der Waals surface area contributed by atoms with Gasteiger partial charge in [-0.1, -0.05) is 23.8 Å². The SMILES string of the molecule is Cc1ccc(NC(=O)NC(C(=O)O)c2cccs2)c(C)c1. The highest BCUT2D eigenvalue weighted by Gasteiger charge is 2.23. The Morgan fingerprint density at radius 2 is 2.00 bits per heavy atom. The lowest BCUT2D eigenvalue weighted by atomic mass is 10.1. The number of aliphatic carboxylic acids is 1. The van der Waals surface area contributed by atoms with Crippen molar-refractivity contribution in [3.63, 3.8) is 0 Å². The van der Waals surface area contributed by atoms with E-state index in [9.17, 15) is 14.7 Å². The maximum Gasteiger partial charge on any atom is 0.331 e. The molecular formula is C15H16N2O3S. The molecule has 0 saturated carbocycles. The van der Waals surface area contributed by atoms with E-state index >= 15 is 0 Å². The van der Waals surface area contributed by atoms with Crippen LogP contribution in [0.25, 0.3) is 0 Å². The van der Waals surface area contributed by atoms with Crippen LogP contribution in [-0.2, 0) is 4.79 Å². The first kappa shape index (κ1) is 15.1. The number of aryl methyl sites for hydroxylation is 2. The van der Waals surface area contributed by atoms with Crippen LogP contribution < -0.4 is 10.6 Å². The van der Waals surface area contributed by atoms with Crippen LogP contribution in [0.4, 0.5) is 10.5 Å². The number of thiophene rings is 1. The van der Waals surface area contributed by atoms with E-state index in [1.807, 2.05) is 26.0 Å². The number of benzene rings is 1. The van der Waals surface area contributed by atoms with Crippen molar-refractivity contribution in [2.45, 2.75) is 19.9 Å². The maximum absolute atomic E-state index is 12.0. The van der Waals surface area contributed by atoms with Crippen molar-refractivity contribution < 1.29 is 14.7 Å². The summed E-state index contributed by atoms with van der Waals surface area (Å²) in [7, 11) is 0. The Morgan fingerprint density at radius 3 is 2.57 bits per heavy atom. The van der Waals surface area contributed by atoms with Gasteiger partial charge in [0.05, 0.1) is 0 Å². The van der Waals surface area contributed by atoms with Gasteiger partial charge in [0.25, 0.3) is 0 Å². The summed E-state index contributed by atoms with van der Waals surface area (Å²) in [6.07, 6.45) is 0. The average Bonchev–Trinajstić information content (AvgIpc) is 2.92. The predicted molar refractivity (Wildman–Crippen MR) is 82.8 cm³/mol. The first-order valence-electron chi connectivity index (χ1n) is 6.38. The van der Waals surface area contributed by atoms with Crippen molar-refractivity contribution in [2.24, 2.45) is 0 Å². The minimum absolute atomic E-state index is 0.539. The zero-order valence-electron chi connectivity index (χ0n) is 11.7. The largest absolute Gasteiger partial charge is 0.479 e. The first-order valence-corrected chi connectivity index (χ1v) is 7.26. The molecule has 3 N–H and O–H groups in total. The number of carbonyl (C=O) groups excluding carboxylic acids is 1. The summed E-state index contributed by atoms with van der Waals surface area (Å²) in [5.74, 6) is -1.09. The van der Waals surface area contributed by atoms with Gasteiger partial charge in [-0.2, -0.15) is 0 Å². The molecule has 2 amide bonds. The van der Waals surface area contributed by atoms with Crippen LogP contribution >= 0.6 is 11.3 Å². The zero-order chi connectivity index (χ0) is 15.4. The highest BCUT2D eigenvalue weighted by atomic mass is 32.1. The third-order valence-electron chi connectivity index (χ3n) is 2.98. The van der Waals surface area contributed by atoms with E-state index < -0.39 is 18.0 Å². The van der Waals surface area contributed by atoms with E-state index in [1.165, 1.54) is 11.3 Å². The number of amides is 2. The minimum Gasteiger partial charge on any atom is -0.479 e. The molecule has 0 aliphatic carbocycles. The molecule has 1 aromatic carbocycles. The summed E-state index contributed by atoms with van der Waals surface area (Å²) in [5.41, 5.74) is 2.68. The first-order chi connectivity index (χ1) is 9.97. The number of carboxylic acid groups (broad SMARTS) is 1. The monoisotopic (exact) mass is 304 g/mol. The maximum atomic E-state index is 12.0. The summed E-state index contributed by atoms with van der Waals surface area (Å²) in [6, 6.07) is 7.48. The number of hydrogen-bond acceptors (Lipinski definition) is 3. The molecule has 1 aromatic heterocycles. The number of hydrogen-bond donors (Lipinski definition) is 3. The van der Waals surface area contributed by atoms with E-state index in [2.05, 4.69) is 10.6 Å². The molecule has 110 valence electrons. The van der Waals surface area contributed by atoms with Gasteiger partial charge >= 0.3 is 12.0 Å². The van der Waals surface area contributed by atoms with Gasteiger partial charge in [0.2, 0.25) is 0 Å². The Labute approximate surface area is 126 Å². The second-order valence-electron chi connectivity index (χ2n) is 4.70. The average molecular weight is 304 g/mol. The van der Waals surface area contributed by atoms with Gasteiger partial charge in [-0.05, 0) is 36.9 Å². The van der Waals surface area contributed by atoms with Crippen molar-refractivity contribution in [1.29, 1.82) is 0 Å². The van der Waals surface area contributed by atoms with Crippen molar-refractivity contribution in [3.8, 4) is 0 Å². The fourth-order valence-electron chi connectivity index (χ4n) is 1.95. The molecule has 1 heterocycles. The second kappa shape index (κ2) is 6.41.